The van der Waals surface area contributed by atoms with Crippen molar-refractivity contribution >= 4 is 29.2 Å². The number of ether oxygens (including phenoxy) is 2. The number of nitrogens with zero attached hydrogens (tertiary/aromatic N) is 2. The van der Waals surface area contributed by atoms with Crippen molar-refractivity contribution in [3.05, 3.63) is 97.3 Å². The first-order valence-electron chi connectivity index (χ1n) is 11.7. The highest BCUT2D eigenvalue weighted by Gasteiger charge is 2.40. The quantitative estimate of drug-likeness (QED) is 0.275. The maximum Gasteiger partial charge on any atom is 0.336 e. The Kier molecular flexibility index (Phi) is 9.43. The van der Waals surface area contributed by atoms with Crippen molar-refractivity contribution in [3.8, 4) is 0 Å². The van der Waals surface area contributed by atoms with Crippen LogP contribution in [0.4, 0.5) is 5.69 Å². The van der Waals surface area contributed by atoms with Crippen molar-refractivity contribution in [3.63, 3.8) is 0 Å². The number of halogens is 1. The van der Waals surface area contributed by atoms with Gasteiger partial charge in [-0.25, -0.2) is 9.59 Å². The Hall–Kier alpha value is -3.69. The molecule has 0 radical (unpaired) electrons. The summed E-state index contributed by atoms with van der Waals surface area (Å²) in [4.78, 5) is 39.1. The van der Waals surface area contributed by atoms with Gasteiger partial charge in [-0.05, 0) is 38.4 Å². The van der Waals surface area contributed by atoms with Gasteiger partial charge in [0, 0.05) is 30.5 Å². The van der Waals surface area contributed by atoms with E-state index in [0.717, 1.165) is 13.0 Å². The first-order valence-corrected chi connectivity index (χ1v) is 12.1. The number of nitro groups is 1. The van der Waals surface area contributed by atoms with Crippen LogP contribution in [-0.4, -0.2) is 55.6 Å². The van der Waals surface area contributed by atoms with Crippen LogP contribution < -0.4 is 5.32 Å². The summed E-state index contributed by atoms with van der Waals surface area (Å²) >= 11 is 6.43. The number of nitro benzene ring substituents is 1. The standard InChI is InChI=1S/C27H30ClN3O6/c1-17-22(26(32)36-4)24(20-11-8-12-21(25(20)28)31(34)35)23(18(2)29-17)27(33)37-16-15-30(3)14-13-19-9-6-5-7-10-19/h5-12,24,29H,13-16H2,1-4H3. The van der Waals surface area contributed by atoms with E-state index >= 15 is 0 Å². The third-order valence-electron chi connectivity index (χ3n) is 6.23. The summed E-state index contributed by atoms with van der Waals surface area (Å²) in [7, 11) is 3.17. The van der Waals surface area contributed by atoms with E-state index in [1.54, 1.807) is 19.9 Å². The summed E-state index contributed by atoms with van der Waals surface area (Å²) in [5.41, 5.74) is 2.31. The lowest BCUT2D eigenvalue weighted by Gasteiger charge is -2.30. The lowest BCUT2D eigenvalue weighted by Crippen LogP contribution is -2.33. The first-order chi connectivity index (χ1) is 17.6. The molecule has 10 heteroatoms. The lowest BCUT2D eigenvalue weighted by molar-refractivity contribution is -0.384. The van der Waals surface area contributed by atoms with Crippen molar-refractivity contribution in [2.75, 3.05) is 33.9 Å². The van der Waals surface area contributed by atoms with E-state index in [9.17, 15) is 19.7 Å². The minimum absolute atomic E-state index is 0.118. The van der Waals surface area contributed by atoms with Crippen molar-refractivity contribution in [1.29, 1.82) is 0 Å². The molecule has 0 aromatic heterocycles. The Balaban J connectivity index is 1.83. The molecule has 0 fully saturated rings. The largest absolute Gasteiger partial charge is 0.466 e. The molecule has 3 rings (SSSR count). The number of methoxy groups -OCH3 is 1. The molecule has 37 heavy (non-hydrogen) atoms. The Morgan fingerprint density at radius 1 is 1.03 bits per heavy atom. The van der Waals surface area contributed by atoms with Gasteiger partial charge < -0.3 is 19.7 Å². The van der Waals surface area contributed by atoms with E-state index in [1.807, 2.05) is 25.2 Å². The topological polar surface area (TPSA) is 111 Å². The number of allylic oxidation sites excluding steroid dienone is 2. The Labute approximate surface area is 220 Å². The number of esters is 2. The van der Waals surface area contributed by atoms with Gasteiger partial charge in [-0.15, -0.1) is 0 Å². The first kappa shape index (κ1) is 27.9. The minimum Gasteiger partial charge on any atom is -0.466 e. The molecule has 9 nitrogen and oxygen atoms in total. The fraction of sp³-hybridized carbons (Fsp3) is 0.333. The summed E-state index contributed by atoms with van der Waals surface area (Å²) in [6.07, 6.45) is 0.861. The molecule has 1 heterocycles. The summed E-state index contributed by atoms with van der Waals surface area (Å²) in [6, 6.07) is 14.4. The molecule has 1 N–H and O–H groups in total. The maximum absolute atomic E-state index is 13.4. The number of likely N-dealkylation sites (N-methyl/N-ethyl adjacent to an activating group) is 1. The number of hydrogen-bond acceptors (Lipinski definition) is 8. The second-order valence-electron chi connectivity index (χ2n) is 8.74. The summed E-state index contributed by atoms with van der Waals surface area (Å²) < 4.78 is 10.6. The molecule has 196 valence electrons. The Bertz CT molecular complexity index is 1240. The SMILES string of the molecule is COC(=O)C1=C(C)NC(C)=C(C(=O)OCCN(C)CCc2ccccc2)C1c1cccc([N+](=O)[O-])c1Cl. The molecule has 1 unspecified atom stereocenters. The third-order valence-corrected chi connectivity index (χ3v) is 6.64. The van der Waals surface area contributed by atoms with Gasteiger partial charge in [-0.2, -0.15) is 0 Å². The third kappa shape index (κ3) is 6.55. The van der Waals surface area contributed by atoms with Crippen LogP contribution in [0.5, 0.6) is 0 Å². The van der Waals surface area contributed by atoms with Crippen LogP contribution in [0.15, 0.2) is 71.1 Å². The van der Waals surface area contributed by atoms with Gasteiger partial charge in [0.25, 0.3) is 5.69 Å². The molecule has 0 bridgehead atoms. The highest BCUT2D eigenvalue weighted by Crippen LogP contribution is 2.44. The number of hydrogen-bond donors (Lipinski definition) is 1. The molecule has 2 aromatic rings. The highest BCUT2D eigenvalue weighted by molar-refractivity contribution is 6.33. The molecule has 1 aliphatic rings. The number of rotatable bonds is 10. The van der Waals surface area contributed by atoms with Gasteiger partial charge in [-0.3, -0.25) is 10.1 Å². The molecule has 0 saturated heterocycles. The van der Waals surface area contributed by atoms with Crippen LogP contribution >= 0.6 is 11.6 Å². The van der Waals surface area contributed by atoms with E-state index < -0.39 is 22.8 Å². The molecule has 0 aliphatic carbocycles. The zero-order valence-corrected chi connectivity index (χ0v) is 22.0. The predicted molar refractivity (Wildman–Crippen MR) is 140 cm³/mol. The zero-order valence-electron chi connectivity index (χ0n) is 21.2. The summed E-state index contributed by atoms with van der Waals surface area (Å²) in [5, 5.41) is 14.4. The smallest absolute Gasteiger partial charge is 0.336 e. The van der Waals surface area contributed by atoms with Crippen molar-refractivity contribution in [2.24, 2.45) is 0 Å². The number of dihydropyridines is 1. The van der Waals surface area contributed by atoms with E-state index in [4.69, 9.17) is 21.1 Å². The molecular formula is C27H30ClN3O6. The number of carbonyl (C=O) groups excluding carboxylic acids is 2. The minimum atomic E-state index is -1.01. The van der Waals surface area contributed by atoms with Crippen LogP contribution in [0.25, 0.3) is 0 Å². The normalized spacial score (nSPS) is 15.5. The second-order valence-corrected chi connectivity index (χ2v) is 9.12. The fourth-order valence-corrected chi connectivity index (χ4v) is 4.61. The van der Waals surface area contributed by atoms with Crippen molar-refractivity contribution in [1.82, 2.24) is 10.2 Å². The van der Waals surface area contributed by atoms with E-state index in [1.165, 1.54) is 24.8 Å². The van der Waals surface area contributed by atoms with Gasteiger partial charge in [-0.1, -0.05) is 54.1 Å². The van der Waals surface area contributed by atoms with Gasteiger partial charge in [0.05, 0.1) is 29.1 Å². The van der Waals surface area contributed by atoms with Gasteiger partial charge in [0.15, 0.2) is 0 Å². The summed E-state index contributed by atoms with van der Waals surface area (Å²) in [6.45, 7) is 4.74. The van der Waals surface area contributed by atoms with Crippen molar-refractivity contribution in [2.45, 2.75) is 26.2 Å². The van der Waals surface area contributed by atoms with Crippen molar-refractivity contribution < 1.29 is 24.0 Å². The average Bonchev–Trinajstić information content (AvgIpc) is 2.87. The molecular weight excluding hydrogens is 498 g/mol. The maximum atomic E-state index is 13.4. The average molecular weight is 528 g/mol. The number of nitrogens with one attached hydrogen (secondary N) is 1. The van der Waals surface area contributed by atoms with Crippen LogP contribution in [0, 0.1) is 10.1 Å². The Morgan fingerprint density at radius 2 is 1.68 bits per heavy atom. The van der Waals surface area contributed by atoms with Gasteiger partial charge in [0.1, 0.15) is 11.6 Å². The summed E-state index contributed by atoms with van der Waals surface area (Å²) in [5.74, 6) is -2.34. The van der Waals surface area contributed by atoms with E-state index in [0.29, 0.717) is 17.9 Å². The lowest BCUT2D eigenvalue weighted by atomic mass is 9.80. The van der Waals surface area contributed by atoms with Crippen LogP contribution in [0.1, 0.15) is 30.9 Å². The predicted octanol–water partition coefficient (Wildman–Crippen LogP) is 4.37. The molecule has 0 amide bonds. The highest BCUT2D eigenvalue weighted by atomic mass is 35.5. The van der Waals surface area contributed by atoms with Crippen LogP contribution in [0.3, 0.4) is 0 Å². The monoisotopic (exact) mass is 527 g/mol. The second kappa shape index (κ2) is 12.5. The van der Waals surface area contributed by atoms with E-state index in [-0.39, 0.29) is 34.0 Å². The van der Waals surface area contributed by atoms with Crippen LogP contribution in [-0.2, 0) is 25.5 Å². The fourth-order valence-electron chi connectivity index (χ4n) is 4.31. The number of benzene rings is 2. The Morgan fingerprint density at radius 3 is 2.30 bits per heavy atom. The molecule has 1 atom stereocenters. The number of carbonyl (C=O) groups is 2. The molecule has 0 spiro atoms. The van der Waals surface area contributed by atoms with E-state index in [2.05, 4.69) is 22.3 Å². The van der Waals surface area contributed by atoms with Crippen LogP contribution in [0.2, 0.25) is 5.02 Å². The molecule has 1 aliphatic heterocycles. The van der Waals surface area contributed by atoms with Gasteiger partial charge >= 0.3 is 11.9 Å². The zero-order chi connectivity index (χ0) is 27.1. The molecule has 2 aromatic carbocycles. The molecule has 0 saturated carbocycles. The van der Waals surface area contributed by atoms with Gasteiger partial charge in [0.2, 0.25) is 0 Å².